The number of amides is 1. The molecule has 7 nitrogen and oxygen atoms in total. The Kier molecular flexibility index (Phi) is 7.23. The second kappa shape index (κ2) is 10.3. The molecule has 0 aliphatic heterocycles. The molecule has 1 atom stereocenters. The maximum absolute atomic E-state index is 12.5. The number of hydrogen-bond acceptors (Lipinski definition) is 7. The number of benzene rings is 2. The number of thiazole rings is 1. The Morgan fingerprint density at radius 1 is 1.38 bits per heavy atom. The Labute approximate surface area is 202 Å². The van der Waals surface area contributed by atoms with Crippen LogP contribution in [0.2, 0.25) is 0 Å². The van der Waals surface area contributed by atoms with Gasteiger partial charge in [0, 0.05) is 11.8 Å². The SMILES string of the molecule is COc1ccc(/C=N\NC(=O)[C@@H](C)Sc2nc3ccccc3s2)cc1Cn1cc(Br)cn1. The standard InChI is InChI=1S/C22H20BrN5O2S2/c1-14(31-22-26-18-5-3-4-6-20(18)32-22)21(29)27-24-10-15-7-8-19(30-2)16(9-15)12-28-13-17(23)11-25-28/h3-11,13-14H,12H2,1-2H3,(H,27,29)/b24-10-/t14-/m1/s1. The summed E-state index contributed by atoms with van der Waals surface area (Å²) in [5.41, 5.74) is 5.37. The fourth-order valence-electron chi connectivity index (χ4n) is 2.97. The van der Waals surface area contributed by atoms with Gasteiger partial charge in [-0.1, -0.05) is 23.9 Å². The van der Waals surface area contributed by atoms with E-state index in [9.17, 15) is 4.79 Å². The van der Waals surface area contributed by atoms with Gasteiger partial charge in [-0.05, 0) is 58.7 Å². The topological polar surface area (TPSA) is 81.4 Å². The number of ether oxygens (including phenoxy) is 1. The van der Waals surface area contributed by atoms with E-state index in [0.29, 0.717) is 6.54 Å². The number of nitrogens with one attached hydrogen (secondary N) is 1. The third-order valence-electron chi connectivity index (χ3n) is 4.55. The Bertz CT molecular complexity index is 1240. The predicted molar refractivity (Wildman–Crippen MR) is 133 cm³/mol. The Morgan fingerprint density at radius 3 is 2.97 bits per heavy atom. The first-order valence-corrected chi connectivity index (χ1v) is 12.2. The summed E-state index contributed by atoms with van der Waals surface area (Å²) in [5.74, 6) is 0.583. The number of fused-ring (bicyclic) bond motifs is 1. The molecule has 4 aromatic rings. The Balaban J connectivity index is 1.38. The van der Waals surface area contributed by atoms with Gasteiger partial charge in [0.15, 0.2) is 4.34 Å². The van der Waals surface area contributed by atoms with Crippen LogP contribution in [0.3, 0.4) is 0 Å². The van der Waals surface area contributed by atoms with Crippen molar-refractivity contribution in [3.63, 3.8) is 0 Å². The van der Waals surface area contributed by atoms with Gasteiger partial charge in [-0.15, -0.1) is 11.3 Å². The highest BCUT2D eigenvalue weighted by atomic mass is 79.9. The number of rotatable bonds is 8. The molecule has 2 aromatic heterocycles. The maximum atomic E-state index is 12.5. The van der Waals surface area contributed by atoms with Crippen LogP contribution >= 0.6 is 39.0 Å². The lowest BCUT2D eigenvalue weighted by molar-refractivity contribution is -0.120. The van der Waals surface area contributed by atoms with Crippen LogP contribution in [0.5, 0.6) is 5.75 Å². The van der Waals surface area contributed by atoms with Crippen LogP contribution in [0.15, 0.2) is 68.8 Å². The van der Waals surface area contributed by atoms with E-state index < -0.39 is 0 Å². The van der Waals surface area contributed by atoms with E-state index in [1.54, 1.807) is 30.9 Å². The number of halogens is 1. The van der Waals surface area contributed by atoms with Gasteiger partial charge in [-0.25, -0.2) is 10.4 Å². The van der Waals surface area contributed by atoms with Crippen LogP contribution in [0.1, 0.15) is 18.1 Å². The van der Waals surface area contributed by atoms with E-state index in [1.807, 2.05) is 60.3 Å². The van der Waals surface area contributed by atoms with E-state index in [0.717, 1.165) is 35.9 Å². The number of carbonyl (C=O) groups excluding carboxylic acids is 1. The first-order chi connectivity index (χ1) is 15.5. The van der Waals surface area contributed by atoms with E-state index in [2.05, 4.69) is 36.5 Å². The summed E-state index contributed by atoms with van der Waals surface area (Å²) in [7, 11) is 1.64. The van der Waals surface area contributed by atoms with Gasteiger partial charge in [0.05, 0.1) is 46.0 Å². The number of methoxy groups -OCH3 is 1. The van der Waals surface area contributed by atoms with E-state index in [-0.39, 0.29) is 11.2 Å². The van der Waals surface area contributed by atoms with Gasteiger partial charge in [0.1, 0.15) is 5.75 Å². The van der Waals surface area contributed by atoms with Crippen LogP contribution in [0.25, 0.3) is 10.2 Å². The largest absolute Gasteiger partial charge is 0.496 e. The fraction of sp³-hybridized carbons (Fsp3) is 0.182. The molecule has 164 valence electrons. The van der Waals surface area contributed by atoms with Gasteiger partial charge in [0.25, 0.3) is 5.91 Å². The molecule has 0 radical (unpaired) electrons. The minimum absolute atomic E-state index is 0.180. The van der Waals surface area contributed by atoms with Crippen molar-refractivity contribution in [1.82, 2.24) is 20.2 Å². The predicted octanol–water partition coefficient (Wildman–Crippen LogP) is 4.94. The van der Waals surface area contributed by atoms with Crippen molar-refractivity contribution >= 4 is 61.4 Å². The average Bonchev–Trinajstić information content (AvgIpc) is 3.38. The normalized spacial score (nSPS) is 12.3. The summed E-state index contributed by atoms with van der Waals surface area (Å²) in [4.78, 5) is 17.0. The highest BCUT2D eigenvalue weighted by Crippen LogP contribution is 2.31. The molecule has 0 aliphatic carbocycles. The Morgan fingerprint density at radius 2 is 2.22 bits per heavy atom. The molecule has 2 aromatic carbocycles. The zero-order valence-electron chi connectivity index (χ0n) is 17.4. The number of para-hydroxylation sites is 1. The molecule has 10 heteroatoms. The van der Waals surface area contributed by atoms with Crippen molar-refractivity contribution < 1.29 is 9.53 Å². The number of hydrogen-bond donors (Lipinski definition) is 1. The molecule has 1 N–H and O–H groups in total. The second-order valence-corrected chi connectivity index (χ2v) is 10.4. The van der Waals surface area contributed by atoms with Gasteiger partial charge < -0.3 is 4.74 Å². The number of nitrogens with zero attached hydrogens (tertiary/aromatic N) is 4. The molecular formula is C22H20BrN5O2S2. The quantitative estimate of drug-likeness (QED) is 0.198. The zero-order chi connectivity index (χ0) is 22.5. The molecule has 32 heavy (non-hydrogen) atoms. The van der Waals surface area contributed by atoms with Crippen LogP contribution in [-0.2, 0) is 11.3 Å². The van der Waals surface area contributed by atoms with Crippen molar-refractivity contribution in [2.75, 3.05) is 7.11 Å². The molecule has 0 fully saturated rings. The van der Waals surface area contributed by atoms with Gasteiger partial charge in [-0.2, -0.15) is 10.2 Å². The third-order valence-corrected chi connectivity index (χ3v) is 7.19. The molecule has 1 amide bonds. The first-order valence-electron chi connectivity index (χ1n) is 9.72. The minimum Gasteiger partial charge on any atom is -0.496 e. The summed E-state index contributed by atoms with van der Waals surface area (Å²) < 4.78 is 10.2. The van der Waals surface area contributed by atoms with Crippen molar-refractivity contribution in [1.29, 1.82) is 0 Å². The lowest BCUT2D eigenvalue weighted by Crippen LogP contribution is -2.26. The molecule has 0 spiro atoms. The molecule has 2 heterocycles. The highest BCUT2D eigenvalue weighted by molar-refractivity contribution is 9.10. The number of aromatic nitrogens is 3. The Hall–Kier alpha value is -2.69. The van der Waals surface area contributed by atoms with Crippen molar-refractivity contribution in [2.24, 2.45) is 5.10 Å². The smallest absolute Gasteiger partial charge is 0.253 e. The summed E-state index contributed by atoms with van der Waals surface area (Å²) >= 11 is 6.41. The average molecular weight is 530 g/mol. The summed E-state index contributed by atoms with van der Waals surface area (Å²) in [5, 5.41) is 8.09. The minimum atomic E-state index is -0.322. The van der Waals surface area contributed by atoms with Crippen molar-refractivity contribution in [2.45, 2.75) is 23.1 Å². The van der Waals surface area contributed by atoms with Gasteiger partial charge in [-0.3, -0.25) is 9.48 Å². The number of thioether (sulfide) groups is 1. The monoisotopic (exact) mass is 529 g/mol. The van der Waals surface area contributed by atoms with Crippen LogP contribution in [-0.4, -0.2) is 39.2 Å². The molecular weight excluding hydrogens is 510 g/mol. The van der Waals surface area contributed by atoms with Crippen molar-refractivity contribution in [3.05, 3.63) is 70.5 Å². The summed E-state index contributed by atoms with van der Waals surface area (Å²) in [6.07, 6.45) is 5.25. The second-order valence-electron chi connectivity index (χ2n) is 6.87. The van der Waals surface area contributed by atoms with E-state index >= 15 is 0 Å². The third kappa shape index (κ3) is 5.56. The lowest BCUT2D eigenvalue weighted by atomic mass is 10.1. The van der Waals surface area contributed by atoms with Gasteiger partial charge >= 0.3 is 0 Å². The summed E-state index contributed by atoms with van der Waals surface area (Å²) in [6, 6.07) is 13.7. The van der Waals surface area contributed by atoms with Crippen LogP contribution in [0, 0.1) is 0 Å². The molecule has 0 bridgehead atoms. The zero-order valence-corrected chi connectivity index (χ0v) is 20.6. The molecule has 0 aliphatic rings. The fourth-order valence-corrected chi connectivity index (χ4v) is 5.50. The van der Waals surface area contributed by atoms with Crippen LogP contribution < -0.4 is 10.2 Å². The lowest BCUT2D eigenvalue weighted by Gasteiger charge is -2.10. The van der Waals surface area contributed by atoms with Gasteiger partial charge in [0.2, 0.25) is 0 Å². The van der Waals surface area contributed by atoms with Crippen LogP contribution in [0.4, 0.5) is 0 Å². The first kappa shape index (κ1) is 22.5. The highest BCUT2D eigenvalue weighted by Gasteiger charge is 2.16. The molecule has 0 saturated carbocycles. The number of hydrazone groups is 1. The molecule has 0 saturated heterocycles. The summed E-state index contributed by atoms with van der Waals surface area (Å²) in [6.45, 7) is 2.40. The van der Waals surface area contributed by atoms with E-state index in [4.69, 9.17) is 4.74 Å². The van der Waals surface area contributed by atoms with Crippen molar-refractivity contribution in [3.8, 4) is 5.75 Å². The maximum Gasteiger partial charge on any atom is 0.253 e. The van der Waals surface area contributed by atoms with E-state index in [1.165, 1.54) is 11.8 Å². The number of carbonyl (C=O) groups is 1. The molecule has 0 unspecified atom stereocenters. The molecule has 4 rings (SSSR count).